The second kappa shape index (κ2) is 16.7. The van der Waals surface area contributed by atoms with E-state index in [1.807, 2.05) is 20.8 Å². The summed E-state index contributed by atoms with van der Waals surface area (Å²) >= 11 is 0. The summed E-state index contributed by atoms with van der Waals surface area (Å²) in [5, 5.41) is 9.16. The lowest BCUT2D eigenvalue weighted by molar-refractivity contribution is -0.0347. The Hall–Kier alpha value is -1.04. The van der Waals surface area contributed by atoms with Crippen LogP contribution in [0.2, 0.25) is 0 Å². The molecule has 0 spiro atoms. The number of halogens is 1. The van der Waals surface area contributed by atoms with Crippen LogP contribution in [0, 0.1) is 0 Å². The van der Waals surface area contributed by atoms with E-state index in [4.69, 9.17) is 34.5 Å². The van der Waals surface area contributed by atoms with Gasteiger partial charge >= 0.3 is 6.09 Å². The van der Waals surface area contributed by atoms with Gasteiger partial charge in [-0.1, -0.05) is 0 Å². The molecule has 0 aromatic heterocycles. The van der Waals surface area contributed by atoms with E-state index >= 15 is 0 Å². The number of nitrogens with zero attached hydrogens (tertiary/aromatic N) is 1. The Morgan fingerprint density at radius 2 is 1.34 bits per heavy atom. The minimum Gasteiger partial charge on any atom is -0.465 e. The highest BCUT2D eigenvalue weighted by Crippen LogP contribution is 2.12. The number of carboxylic acid groups (broad SMARTS) is 1. The van der Waals surface area contributed by atoms with E-state index < -0.39 is 23.9 Å². The van der Waals surface area contributed by atoms with E-state index in [1.54, 1.807) is 6.92 Å². The molecule has 0 saturated heterocycles. The van der Waals surface area contributed by atoms with Gasteiger partial charge in [0.05, 0.1) is 65.6 Å². The standard InChI is InChI=1S/C19H39FN2O7/c1-16(17(20)15-21)29-14-13-28-12-11-27-10-9-26-8-7-25-6-5-22(18(23)24)19(2,3)4/h16-17H,5-15,21H2,1-4H3,(H,23,24). The molecule has 0 bridgehead atoms. The van der Waals surface area contributed by atoms with E-state index in [9.17, 15) is 9.18 Å². The number of carbonyl (C=O) groups is 1. The molecule has 2 atom stereocenters. The lowest BCUT2D eigenvalue weighted by atomic mass is 10.1. The molecule has 2 unspecified atom stereocenters. The summed E-state index contributed by atoms with van der Waals surface area (Å²) < 4.78 is 39.8. The van der Waals surface area contributed by atoms with Crippen molar-refractivity contribution in [3.05, 3.63) is 0 Å². The van der Waals surface area contributed by atoms with Crippen LogP contribution >= 0.6 is 0 Å². The fourth-order valence-electron chi connectivity index (χ4n) is 2.22. The van der Waals surface area contributed by atoms with Gasteiger partial charge in [-0.25, -0.2) is 9.18 Å². The van der Waals surface area contributed by atoms with Crippen molar-refractivity contribution in [1.29, 1.82) is 0 Å². The first-order valence-corrected chi connectivity index (χ1v) is 9.97. The Labute approximate surface area is 173 Å². The molecule has 0 aliphatic rings. The molecule has 29 heavy (non-hydrogen) atoms. The second-order valence-corrected chi connectivity index (χ2v) is 7.38. The van der Waals surface area contributed by atoms with Gasteiger partial charge in [-0.15, -0.1) is 0 Å². The van der Waals surface area contributed by atoms with Crippen molar-refractivity contribution in [3.8, 4) is 0 Å². The fourth-order valence-corrected chi connectivity index (χ4v) is 2.22. The summed E-state index contributed by atoms with van der Waals surface area (Å²) in [4.78, 5) is 12.5. The highest BCUT2D eigenvalue weighted by atomic mass is 19.1. The molecule has 0 aliphatic carbocycles. The van der Waals surface area contributed by atoms with Crippen molar-refractivity contribution in [3.63, 3.8) is 0 Å². The minimum absolute atomic E-state index is 0.0510. The molecule has 0 aliphatic heterocycles. The van der Waals surface area contributed by atoms with Gasteiger partial charge in [0.25, 0.3) is 0 Å². The molecule has 10 heteroatoms. The van der Waals surface area contributed by atoms with Crippen LogP contribution in [-0.4, -0.2) is 106 Å². The summed E-state index contributed by atoms with van der Waals surface area (Å²) in [5.41, 5.74) is 4.76. The van der Waals surface area contributed by atoms with Gasteiger partial charge in [0.2, 0.25) is 0 Å². The Morgan fingerprint density at radius 3 is 1.72 bits per heavy atom. The largest absolute Gasteiger partial charge is 0.465 e. The molecule has 0 aromatic rings. The molecule has 0 aromatic carbocycles. The van der Waals surface area contributed by atoms with Crippen molar-refractivity contribution in [2.75, 3.05) is 72.6 Å². The van der Waals surface area contributed by atoms with Crippen LogP contribution in [0.1, 0.15) is 27.7 Å². The number of alkyl halides is 1. The molecular formula is C19H39FN2O7. The second-order valence-electron chi connectivity index (χ2n) is 7.38. The van der Waals surface area contributed by atoms with Crippen LogP contribution in [0.25, 0.3) is 0 Å². The Balaban J connectivity index is 3.37. The average molecular weight is 427 g/mol. The maximum absolute atomic E-state index is 13.1. The van der Waals surface area contributed by atoms with Gasteiger partial charge in [0.1, 0.15) is 6.17 Å². The molecule has 174 valence electrons. The average Bonchev–Trinajstić information content (AvgIpc) is 2.65. The quantitative estimate of drug-likeness (QED) is 0.317. The predicted octanol–water partition coefficient (Wildman–Crippen LogP) is 1.53. The van der Waals surface area contributed by atoms with Crippen molar-refractivity contribution in [2.45, 2.75) is 45.5 Å². The topological polar surface area (TPSA) is 113 Å². The molecule has 0 saturated carbocycles. The van der Waals surface area contributed by atoms with Crippen molar-refractivity contribution < 1.29 is 38.0 Å². The highest BCUT2D eigenvalue weighted by molar-refractivity contribution is 5.65. The van der Waals surface area contributed by atoms with Crippen LogP contribution in [0.3, 0.4) is 0 Å². The number of amides is 1. The number of hydrogen-bond donors (Lipinski definition) is 2. The summed E-state index contributed by atoms with van der Waals surface area (Å²) in [5.74, 6) is 0. The Bertz CT molecular complexity index is 411. The van der Waals surface area contributed by atoms with Gasteiger partial charge in [-0.3, -0.25) is 0 Å². The molecule has 0 heterocycles. The van der Waals surface area contributed by atoms with Crippen molar-refractivity contribution in [2.24, 2.45) is 5.73 Å². The molecule has 9 nitrogen and oxygen atoms in total. The van der Waals surface area contributed by atoms with Crippen molar-refractivity contribution in [1.82, 2.24) is 4.90 Å². The first-order chi connectivity index (χ1) is 13.7. The summed E-state index contributed by atoms with van der Waals surface area (Å²) in [6.45, 7) is 11.0. The molecule has 0 fully saturated rings. The lowest BCUT2D eigenvalue weighted by Crippen LogP contribution is -2.46. The Kier molecular flexibility index (Phi) is 16.1. The van der Waals surface area contributed by atoms with Crippen molar-refractivity contribution >= 4 is 6.09 Å². The predicted molar refractivity (Wildman–Crippen MR) is 107 cm³/mol. The summed E-state index contributed by atoms with van der Waals surface area (Å²) in [7, 11) is 0. The van der Waals surface area contributed by atoms with Gasteiger partial charge < -0.3 is 39.4 Å². The molecular weight excluding hydrogens is 387 g/mol. The number of rotatable bonds is 18. The zero-order valence-corrected chi connectivity index (χ0v) is 18.2. The fraction of sp³-hybridized carbons (Fsp3) is 0.947. The third kappa shape index (κ3) is 15.5. The SMILES string of the molecule is CC(OCCOCCOCCOCCOCCN(C(=O)O)C(C)(C)C)C(F)CN. The van der Waals surface area contributed by atoms with E-state index in [-0.39, 0.29) is 6.54 Å². The van der Waals surface area contributed by atoms with E-state index in [0.717, 1.165) is 0 Å². The Morgan fingerprint density at radius 1 is 0.931 bits per heavy atom. The highest BCUT2D eigenvalue weighted by Gasteiger charge is 2.25. The number of nitrogens with two attached hydrogens (primary N) is 1. The third-order valence-electron chi connectivity index (χ3n) is 3.96. The van der Waals surface area contributed by atoms with E-state index in [1.165, 1.54) is 4.90 Å². The minimum atomic E-state index is -1.16. The molecule has 0 radical (unpaired) electrons. The zero-order chi connectivity index (χ0) is 22.1. The molecule has 3 N–H and O–H groups in total. The lowest BCUT2D eigenvalue weighted by Gasteiger charge is -2.32. The summed E-state index contributed by atoms with van der Waals surface area (Å²) in [6, 6.07) is 0. The monoisotopic (exact) mass is 426 g/mol. The zero-order valence-electron chi connectivity index (χ0n) is 18.2. The molecule has 1 amide bonds. The van der Waals surface area contributed by atoms with Crippen LogP contribution in [0.15, 0.2) is 0 Å². The van der Waals surface area contributed by atoms with Crippen LogP contribution < -0.4 is 5.73 Å². The van der Waals surface area contributed by atoms with Crippen LogP contribution in [-0.2, 0) is 23.7 Å². The van der Waals surface area contributed by atoms with Crippen LogP contribution in [0.4, 0.5) is 9.18 Å². The number of ether oxygens (including phenoxy) is 5. The van der Waals surface area contributed by atoms with Gasteiger partial charge in [0.15, 0.2) is 0 Å². The van der Waals surface area contributed by atoms with Crippen LogP contribution in [0.5, 0.6) is 0 Å². The van der Waals surface area contributed by atoms with E-state index in [2.05, 4.69) is 0 Å². The molecule has 0 rings (SSSR count). The van der Waals surface area contributed by atoms with Gasteiger partial charge in [-0.2, -0.15) is 0 Å². The third-order valence-corrected chi connectivity index (χ3v) is 3.96. The maximum atomic E-state index is 13.1. The van der Waals surface area contributed by atoms with Gasteiger partial charge in [-0.05, 0) is 27.7 Å². The summed E-state index contributed by atoms with van der Waals surface area (Å²) in [6.07, 6.45) is -2.65. The first kappa shape index (κ1) is 28.0. The first-order valence-electron chi connectivity index (χ1n) is 9.97. The van der Waals surface area contributed by atoms with E-state index in [0.29, 0.717) is 66.0 Å². The number of hydrogen-bond acceptors (Lipinski definition) is 7. The smallest absolute Gasteiger partial charge is 0.407 e. The van der Waals surface area contributed by atoms with Gasteiger partial charge in [0, 0.05) is 18.6 Å². The normalized spacial score (nSPS) is 14.0. The maximum Gasteiger partial charge on any atom is 0.407 e.